The first-order valence-electron chi connectivity index (χ1n) is 9.67. The molecule has 0 amide bonds. The summed E-state index contributed by atoms with van der Waals surface area (Å²) in [6, 6.07) is 0. The largest absolute Gasteiger partial charge is 0.409 e. The van der Waals surface area contributed by atoms with Gasteiger partial charge in [0, 0.05) is 0 Å². The Bertz CT molecular complexity index is 428. The number of rotatable bonds is 9. The van der Waals surface area contributed by atoms with Gasteiger partial charge in [-0.25, -0.2) is 0 Å². The first-order chi connectivity index (χ1) is 11.3. The normalized spacial score (nSPS) is 26.4. The van der Waals surface area contributed by atoms with Gasteiger partial charge < -0.3 is 19.0 Å². The van der Waals surface area contributed by atoms with Crippen molar-refractivity contribution in [1.29, 1.82) is 0 Å². The molecule has 0 aromatic heterocycles. The minimum Gasteiger partial charge on any atom is -0.409 e. The van der Waals surface area contributed by atoms with Crippen LogP contribution in [0.25, 0.3) is 0 Å². The molecule has 0 aromatic rings. The first-order valence-corrected chi connectivity index (χ1v) is 12.6. The van der Waals surface area contributed by atoms with Crippen LogP contribution < -0.4 is 0 Å². The topological polar surface area (TPSA) is 47.9 Å². The van der Waals surface area contributed by atoms with Gasteiger partial charge in [0.1, 0.15) is 12.2 Å². The van der Waals surface area contributed by atoms with Crippen molar-refractivity contribution in [1.82, 2.24) is 0 Å². The number of hydrogen-bond acceptors (Lipinski definition) is 4. The molecule has 1 fully saturated rings. The SMILES string of the molecule is C=CC[C@@H](O)[C@@H](O[Si](C)(C)C(C)(C)C)[C@@H]1OC(C)(C)O[C@H]1CCCC. The molecule has 1 rings (SSSR count). The third kappa shape index (κ3) is 6.17. The number of aliphatic hydroxyl groups is 1. The minimum atomic E-state index is -2.06. The Labute approximate surface area is 156 Å². The lowest BCUT2D eigenvalue weighted by atomic mass is 9.98. The maximum absolute atomic E-state index is 10.8. The molecule has 0 aliphatic carbocycles. The lowest BCUT2D eigenvalue weighted by Gasteiger charge is -2.42. The van der Waals surface area contributed by atoms with E-state index in [0.29, 0.717) is 6.42 Å². The maximum atomic E-state index is 10.8. The molecule has 0 spiro atoms. The second kappa shape index (κ2) is 8.66. The molecule has 148 valence electrons. The monoisotopic (exact) mass is 372 g/mol. The average molecular weight is 373 g/mol. The molecule has 0 unspecified atom stereocenters. The Morgan fingerprint density at radius 1 is 1.28 bits per heavy atom. The van der Waals surface area contributed by atoms with Gasteiger partial charge >= 0.3 is 0 Å². The van der Waals surface area contributed by atoms with Gasteiger partial charge in [-0.05, 0) is 44.8 Å². The van der Waals surface area contributed by atoms with Crippen LogP contribution in [0.3, 0.4) is 0 Å². The van der Waals surface area contributed by atoms with Crippen LogP contribution in [-0.4, -0.2) is 43.6 Å². The van der Waals surface area contributed by atoms with E-state index in [-0.39, 0.29) is 17.2 Å². The van der Waals surface area contributed by atoms with Gasteiger partial charge in [-0.3, -0.25) is 0 Å². The fourth-order valence-electron chi connectivity index (χ4n) is 2.96. The molecule has 4 nitrogen and oxygen atoms in total. The molecular formula is C20H40O4Si. The van der Waals surface area contributed by atoms with Crippen molar-refractivity contribution in [2.24, 2.45) is 0 Å². The molecule has 1 saturated heterocycles. The zero-order chi connectivity index (χ0) is 19.5. The zero-order valence-corrected chi connectivity index (χ0v) is 18.6. The summed E-state index contributed by atoms with van der Waals surface area (Å²) >= 11 is 0. The van der Waals surface area contributed by atoms with Gasteiger partial charge in [0.2, 0.25) is 0 Å². The Kier molecular flexibility index (Phi) is 7.91. The van der Waals surface area contributed by atoms with Crippen LogP contribution in [-0.2, 0) is 13.9 Å². The quantitative estimate of drug-likeness (QED) is 0.456. The van der Waals surface area contributed by atoms with Crippen LogP contribution >= 0.6 is 0 Å². The third-order valence-corrected chi connectivity index (χ3v) is 9.89. The van der Waals surface area contributed by atoms with E-state index in [0.717, 1.165) is 19.3 Å². The number of hydrogen-bond donors (Lipinski definition) is 1. The summed E-state index contributed by atoms with van der Waals surface area (Å²) in [4.78, 5) is 0. The Balaban J connectivity index is 3.10. The van der Waals surface area contributed by atoms with Crippen LogP contribution in [0, 0.1) is 0 Å². The molecule has 4 atom stereocenters. The van der Waals surface area contributed by atoms with Crippen LogP contribution in [0.2, 0.25) is 18.1 Å². The van der Waals surface area contributed by atoms with E-state index in [1.54, 1.807) is 6.08 Å². The highest BCUT2D eigenvalue weighted by Crippen LogP contribution is 2.41. The predicted molar refractivity (Wildman–Crippen MR) is 106 cm³/mol. The van der Waals surface area contributed by atoms with Crippen LogP contribution in [0.4, 0.5) is 0 Å². The molecule has 0 radical (unpaired) electrons. The van der Waals surface area contributed by atoms with Gasteiger partial charge in [0.15, 0.2) is 14.1 Å². The van der Waals surface area contributed by atoms with Crippen molar-refractivity contribution in [3.8, 4) is 0 Å². The second-order valence-corrected chi connectivity index (χ2v) is 14.0. The lowest BCUT2D eigenvalue weighted by Crippen LogP contribution is -2.53. The average Bonchev–Trinajstić information content (AvgIpc) is 2.76. The highest BCUT2D eigenvalue weighted by Gasteiger charge is 2.50. The van der Waals surface area contributed by atoms with E-state index in [2.05, 4.69) is 47.4 Å². The van der Waals surface area contributed by atoms with Crippen molar-refractivity contribution in [3.05, 3.63) is 12.7 Å². The Morgan fingerprint density at radius 2 is 1.88 bits per heavy atom. The minimum absolute atomic E-state index is 0.0517. The zero-order valence-electron chi connectivity index (χ0n) is 17.6. The summed E-state index contributed by atoms with van der Waals surface area (Å²) in [7, 11) is -2.06. The predicted octanol–water partition coefficient (Wildman–Crippen LogP) is 5.02. The van der Waals surface area contributed by atoms with Crippen molar-refractivity contribution in [2.45, 2.75) is 116 Å². The summed E-state index contributed by atoms with van der Waals surface area (Å²) in [6.07, 6.45) is 3.98. The Hall–Kier alpha value is -0.203. The van der Waals surface area contributed by atoms with Crippen LogP contribution in [0.1, 0.15) is 67.2 Å². The summed E-state index contributed by atoms with van der Waals surface area (Å²) in [5.74, 6) is -0.647. The molecule has 1 heterocycles. The van der Waals surface area contributed by atoms with E-state index in [9.17, 15) is 5.11 Å². The molecule has 1 N–H and O–H groups in total. The molecule has 0 bridgehead atoms. The van der Waals surface area contributed by atoms with Crippen molar-refractivity contribution < 1.29 is 19.0 Å². The molecule has 1 aliphatic rings. The summed E-state index contributed by atoms with van der Waals surface area (Å²) in [6.45, 7) is 20.9. The maximum Gasteiger partial charge on any atom is 0.192 e. The Morgan fingerprint density at radius 3 is 2.36 bits per heavy atom. The lowest BCUT2D eigenvalue weighted by molar-refractivity contribution is -0.160. The van der Waals surface area contributed by atoms with E-state index < -0.39 is 26.3 Å². The van der Waals surface area contributed by atoms with Crippen molar-refractivity contribution >= 4 is 8.32 Å². The van der Waals surface area contributed by atoms with Crippen LogP contribution in [0.15, 0.2) is 12.7 Å². The number of aliphatic hydroxyl groups excluding tert-OH is 1. The number of ether oxygens (including phenoxy) is 2. The van der Waals surface area contributed by atoms with Crippen molar-refractivity contribution in [3.63, 3.8) is 0 Å². The van der Waals surface area contributed by atoms with Gasteiger partial charge in [-0.2, -0.15) is 0 Å². The summed E-state index contributed by atoms with van der Waals surface area (Å²) in [5, 5.41) is 10.9. The summed E-state index contributed by atoms with van der Waals surface area (Å²) < 4.78 is 19.0. The molecule has 5 heteroatoms. The van der Waals surface area contributed by atoms with E-state index in [1.807, 2.05) is 13.8 Å². The highest BCUT2D eigenvalue weighted by atomic mass is 28.4. The van der Waals surface area contributed by atoms with E-state index in [4.69, 9.17) is 13.9 Å². The second-order valence-electron chi connectivity index (χ2n) is 9.22. The number of unbranched alkanes of at least 4 members (excludes halogenated alkanes) is 1. The molecular weight excluding hydrogens is 332 g/mol. The molecule has 0 aromatic carbocycles. The standard InChI is InChI=1S/C20H40O4Si/c1-10-12-14-16-18(23-20(6,7)22-16)17(15(21)13-11-2)24-25(8,9)19(3,4)5/h11,15-18,21H,2,10,12-14H2,1,3-9H3/t15-,16+,17-,18-/m1/s1. The highest BCUT2D eigenvalue weighted by molar-refractivity contribution is 6.74. The van der Waals surface area contributed by atoms with Gasteiger partial charge in [0.25, 0.3) is 0 Å². The fourth-order valence-corrected chi connectivity index (χ4v) is 4.28. The first kappa shape index (κ1) is 22.8. The smallest absolute Gasteiger partial charge is 0.192 e. The fraction of sp³-hybridized carbons (Fsp3) is 0.900. The van der Waals surface area contributed by atoms with Crippen LogP contribution in [0.5, 0.6) is 0 Å². The van der Waals surface area contributed by atoms with E-state index in [1.165, 1.54) is 0 Å². The van der Waals surface area contributed by atoms with E-state index >= 15 is 0 Å². The third-order valence-electron chi connectivity index (χ3n) is 5.41. The van der Waals surface area contributed by atoms with Crippen molar-refractivity contribution in [2.75, 3.05) is 0 Å². The van der Waals surface area contributed by atoms with Gasteiger partial charge in [0.05, 0.1) is 12.2 Å². The summed E-state index contributed by atoms with van der Waals surface area (Å²) in [5.41, 5.74) is 0. The molecule has 0 saturated carbocycles. The molecule has 25 heavy (non-hydrogen) atoms. The van der Waals surface area contributed by atoms with Gasteiger partial charge in [-0.1, -0.05) is 46.6 Å². The molecule has 1 aliphatic heterocycles. The van der Waals surface area contributed by atoms with Gasteiger partial charge in [-0.15, -0.1) is 6.58 Å².